The fourth-order valence-electron chi connectivity index (χ4n) is 0.0481. The van der Waals surface area contributed by atoms with Gasteiger partial charge in [-0.1, -0.05) is 0 Å². The van der Waals surface area contributed by atoms with Crippen LogP contribution in [0.1, 0.15) is 6.92 Å². The molecule has 0 fully saturated rings. The van der Waals surface area contributed by atoms with Crippen molar-refractivity contribution in [1.29, 1.82) is 0 Å². The molecule has 1 heteroatoms. The van der Waals surface area contributed by atoms with E-state index < -0.39 is 0 Å². The van der Waals surface area contributed by atoms with Crippen LogP contribution in [-0.4, -0.2) is 4.40 Å². The molecule has 0 aromatic carbocycles. The van der Waals surface area contributed by atoms with Crippen LogP contribution in [0.15, 0.2) is 11.6 Å². The SMILES string of the molecule is [CH2-]C=C(C)[CH]=[W]. The first kappa shape index (κ1) is 6.17. The van der Waals surface area contributed by atoms with E-state index in [-0.39, 0.29) is 0 Å². The second-order valence-electron chi connectivity index (χ2n) is 1.07. The molecule has 0 aliphatic rings. The topological polar surface area (TPSA) is 0 Å². The molecular formula is C5H7W-. The molecule has 6 heavy (non-hydrogen) atoms. The van der Waals surface area contributed by atoms with Crippen LogP contribution in [-0.2, 0) is 19.4 Å². The third kappa shape index (κ3) is 2.41. The summed E-state index contributed by atoms with van der Waals surface area (Å²) in [6.45, 7) is 5.62. The van der Waals surface area contributed by atoms with Crippen molar-refractivity contribution in [2.24, 2.45) is 0 Å². The number of allylic oxidation sites excluding steroid dienone is 2. The summed E-state index contributed by atoms with van der Waals surface area (Å²) in [6.07, 6.45) is 1.85. The molecule has 0 aromatic heterocycles. The Morgan fingerprint density at radius 2 is 2.33 bits per heavy atom. The maximum atomic E-state index is 3.58. The Bertz CT molecular complexity index is 72.0. The van der Waals surface area contributed by atoms with E-state index in [2.05, 4.69) is 11.3 Å². The van der Waals surface area contributed by atoms with Crippen LogP contribution in [0.25, 0.3) is 0 Å². The maximum absolute atomic E-state index is 3.58. The van der Waals surface area contributed by atoms with E-state index in [1.807, 2.05) is 13.0 Å². The molecule has 0 nitrogen and oxygen atoms in total. The van der Waals surface area contributed by atoms with Gasteiger partial charge in [0.2, 0.25) is 0 Å². The molecule has 0 aromatic rings. The minimum atomic E-state index is 1.27. The number of hydrogen-bond donors (Lipinski definition) is 0. The second-order valence-corrected chi connectivity index (χ2v) is 1.91. The van der Waals surface area contributed by atoms with Gasteiger partial charge >= 0.3 is 49.3 Å². The molecule has 0 aliphatic heterocycles. The molecular weight excluding hydrogens is 244 g/mol. The molecule has 0 saturated carbocycles. The molecule has 0 spiro atoms. The zero-order valence-electron chi connectivity index (χ0n) is 3.77. The van der Waals surface area contributed by atoms with E-state index in [0.29, 0.717) is 0 Å². The molecule has 0 rings (SSSR count). The Hall–Kier alpha value is 0.168. The number of rotatable bonds is 1. The summed E-state index contributed by atoms with van der Waals surface area (Å²) < 4.78 is 2.10. The molecule has 0 radical (unpaired) electrons. The van der Waals surface area contributed by atoms with Crippen molar-refractivity contribution in [3.8, 4) is 0 Å². The third-order valence-corrected chi connectivity index (χ3v) is 1.84. The second kappa shape index (κ2) is 3.36. The standard InChI is InChI=1S/C5H7.W/c1-4-5(2)3;/h2,4H,1H2,3H3;/q-1;. The normalized spacial score (nSPS) is 11.2. The molecule has 0 amide bonds. The van der Waals surface area contributed by atoms with Crippen molar-refractivity contribution in [2.45, 2.75) is 6.92 Å². The predicted octanol–water partition coefficient (Wildman–Crippen LogP) is 1.12. The molecule has 0 heterocycles. The van der Waals surface area contributed by atoms with Crippen LogP contribution in [0.5, 0.6) is 0 Å². The van der Waals surface area contributed by atoms with Crippen molar-refractivity contribution in [3.05, 3.63) is 18.6 Å². The van der Waals surface area contributed by atoms with E-state index >= 15 is 0 Å². The van der Waals surface area contributed by atoms with E-state index in [0.717, 1.165) is 0 Å². The first-order valence-corrected chi connectivity index (χ1v) is 3.41. The van der Waals surface area contributed by atoms with Gasteiger partial charge in [-0.05, 0) is 0 Å². The van der Waals surface area contributed by atoms with Crippen LogP contribution in [0.4, 0.5) is 0 Å². The monoisotopic (exact) mass is 251 g/mol. The summed E-state index contributed by atoms with van der Waals surface area (Å²) in [6, 6.07) is 0. The van der Waals surface area contributed by atoms with Gasteiger partial charge in [0, 0.05) is 0 Å². The first-order chi connectivity index (χ1) is 2.81. The Kier molecular flexibility index (Phi) is 3.46. The summed E-state index contributed by atoms with van der Waals surface area (Å²) in [7, 11) is 0. The molecule has 0 N–H and O–H groups in total. The van der Waals surface area contributed by atoms with Crippen molar-refractivity contribution < 1.29 is 19.4 Å². The van der Waals surface area contributed by atoms with Gasteiger partial charge in [0.15, 0.2) is 0 Å². The third-order valence-electron chi connectivity index (χ3n) is 0.508. The summed E-state index contributed by atoms with van der Waals surface area (Å²) >= 11 is 1.49. The fraction of sp³-hybridized carbons (Fsp3) is 0.200. The average molecular weight is 251 g/mol. The summed E-state index contributed by atoms with van der Waals surface area (Å²) in [5.74, 6) is 0. The summed E-state index contributed by atoms with van der Waals surface area (Å²) in [5, 5.41) is 0. The molecule has 0 saturated heterocycles. The summed E-state index contributed by atoms with van der Waals surface area (Å²) in [4.78, 5) is 0. The van der Waals surface area contributed by atoms with Gasteiger partial charge in [-0.25, -0.2) is 0 Å². The molecule has 34 valence electrons. The number of hydrogen-bond acceptors (Lipinski definition) is 0. The van der Waals surface area contributed by atoms with Gasteiger partial charge in [-0.3, -0.25) is 0 Å². The van der Waals surface area contributed by atoms with E-state index in [9.17, 15) is 0 Å². The Labute approximate surface area is 49.7 Å². The fourth-order valence-corrected chi connectivity index (χ4v) is 0.394. The van der Waals surface area contributed by atoms with Crippen LogP contribution in [0.3, 0.4) is 0 Å². The molecule has 0 atom stereocenters. The zero-order valence-corrected chi connectivity index (χ0v) is 6.70. The quantitative estimate of drug-likeness (QED) is 0.612. The Morgan fingerprint density at radius 1 is 1.83 bits per heavy atom. The van der Waals surface area contributed by atoms with Crippen LogP contribution in [0, 0.1) is 6.92 Å². The van der Waals surface area contributed by atoms with E-state index in [1.165, 1.54) is 24.9 Å². The van der Waals surface area contributed by atoms with Crippen molar-refractivity contribution >= 4 is 4.40 Å². The minimum absolute atomic E-state index is 1.27. The van der Waals surface area contributed by atoms with E-state index in [1.54, 1.807) is 0 Å². The Morgan fingerprint density at radius 3 is 2.33 bits per heavy atom. The molecule has 0 aliphatic carbocycles. The van der Waals surface area contributed by atoms with Gasteiger partial charge in [0.25, 0.3) is 0 Å². The van der Waals surface area contributed by atoms with Crippen molar-refractivity contribution in [3.63, 3.8) is 0 Å². The molecule has 0 unspecified atom stereocenters. The van der Waals surface area contributed by atoms with Crippen LogP contribution in [0.2, 0.25) is 0 Å². The van der Waals surface area contributed by atoms with Gasteiger partial charge in [0.05, 0.1) is 0 Å². The molecule has 0 bridgehead atoms. The van der Waals surface area contributed by atoms with Gasteiger partial charge < -0.3 is 0 Å². The zero-order chi connectivity index (χ0) is 4.99. The van der Waals surface area contributed by atoms with E-state index in [4.69, 9.17) is 0 Å². The predicted molar refractivity (Wildman–Crippen MR) is 25.2 cm³/mol. The Balaban J connectivity index is 3.50. The van der Waals surface area contributed by atoms with Gasteiger partial charge in [-0.2, -0.15) is 0 Å². The van der Waals surface area contributed by atoms with Crippen LogP contribution >= 0.6 is 0 Å². The van der Waals surface area contributed by atoms with Crippen LogP contribution < -0.4 is 0 Å². The first-order valence-electron chi connectivity index (χ1n) is 1.72. The van der Waals surface area contributed by atoms with Crippen molar-refractivity contribution in [1.82, 2.24) is 0 Å². The summed E-state index contributed by atoms with van der Waals surface area (Å²) in [5.41, 5.74) is 1.27. The average Bonchev–Trinajstić information content (AvgIpc) is 1.65. The van der Waals surface area contributed by atoms with Gasteiger partial charge in [0.1, 0.15) is 0 Å². The van der Waals surface area contributed by atoms with Gasteiger partial charge in [-0.15, -0.1) is 0 Å². The van der Waals surface area contributed by atoms with Crippen molar-refractivity contribution in [2.75, 3.05) is 0 Å².